The van der Waals surface area contributed by atoms with E-state index in [4.69, 9.17) is 0 Å². The van der Waals surface area contributed by atoms with Crippen LogP contribution in [0.15, 0.2) is 67.3 Å². The summed E-state index contributed by atoms with van der Waals surface area (Å²) >= 11 is 0. The van der Waals surface area contributed by atoms with Gasteiger partial charge in [0, 0.05) is 5.39 Å². The normalized spacial score (nSPS) is 10.7. The van der Waals surface area contributed by atoms with Crippen molar-refractivity contribution in [1.29, 1.82) is 0 Å². The van der Waals surface area contributed by atoms with Crippen LogP contribution in [0.25, 0.3) is 22.3 Å². The second-order valence-corrected chi connectivity index (χ2v) is 5.14. The van der Waals surface area contributed by atoms with Crippen molar-refractivity contribution in [2.24, 2.45) is 0 Å². The Hall–Kier alpha value is -3.41. The lowest BCUT2D eigenvalue weighted by molar-refractivity contribution is 0.630. The van der Waals surface area contributed by atoms with Crippen molar-refractivity contribution < 1.29 is 4.39 Å². The van der Waals surface area contributed by atoms with Gasteiger partial charge in [-0.3, -0.25) is 0 Å². The SMILES string of the molecule is Fc1ccccc1-c1nc(Nc2cncnc2)c2ccccc2n1. The average molecular weight is 317 g/mol. The summed E-state index contributed by atoms with van der Waals surface area (Å²) in [7, 11) is 0. The van der Waals surface area contributed by atoms with Crippen LogP contribution >= 0.6 is 0 Å². The summed E-state index contributed by atoms with van der Waals surface area (Å²) in [5, 5.41) is 4.01. The minimum Gasteiger partial charge on any atom is -0.337 e. The van der Waals surface area contributed by atoms with Gasteiger partial charge >= 0.3 is 0 Å². The van der Waals surface area contributed by atoms with E-state index in [0.717, 1.165) is 10.9 Å². The summed E-state index contributed by atoms with van der Waals surface area (Å²) in [6, 6.07) is 14.0. The Balaban J connectivity index is 1.90. The first kappa shape index (κ1) is 14.2. The molecule has 0 radical (unpaired) electrons. The number of rotatable bonds is 3. The number of hydrogen-bond donors (Lipinski definition) is 1. The van der Waals surface area contributed by atoms with E-state index < -0.39 is 0 Å². The third-order valence-electron chi connectivity index (χ3n) is 3.54. The van der Waals surface area contributed by atoms with Gasteiger partial charge in [0.25, 0.3) is 0 Å². The van der Waals surface area contributed by atoms with Crippen molar-refractivity contribution in [2.75, 3.05) is 5.32 Å². The fraction of sp³-hybridized carbons (Fsp3) is 0. The molecule has 0 aliphatic heterocycles. The van der Waals surface area contributed by atoms with Crippen molar-refractivity contribution in [3.05, 3.63) is 73.1 Å². The van der Waals surface area contributed by atoms with Gasteiger partial charge in [0.2, 0.25) is 0 Å². The van der Waals surface area contributed by atoms with Gasteiger partial charge in [-0.05, 0) is 24.3 Å². The predicted octanol–water partition coefficient (Wildman–Crippen LogP) is 3.97. The number of benzene rings is 2. The fourth-order valence-corrected chi connectivity index (χ4v) is 2.44. The van der Waals surface area contributed by atoms with Crippen molar-refractivity contribution >= 4 is 22.4 Å². The Morgan fingerprint density at radius 2 is 1.58 bits per heavy atom. The number of fused-ring (bicyclic) bond motifs is 1. The summed E-state index contributed by atoms with van der Waals surface area (Å²) < 4.78 is 14.1. The zero-order chi connectivity index (χ0) is 16.4. The minimum absolute atomic E-state index is 0.325. The van der Waals surface area contributed by atoms with Crippen molar-refractivity contribution in [3.63, 3.8) is 0 Å². The number of nitrogens with zero attached hydrogens (tertiary/aromatic N) is 4. The van der Waals surface area contributed by atoms with Gasteiger partial charge in [0.05, 0.1) is 29.2 Å². The third-order valence-corrected chi connectivity index (χ3v) is 3.54. The third kappa shape index (κ3) is 2.65. The van der Waals surface area contributed by atoms with E-state index in [1.165, 1.54) is 12.4 Å². The molecule has 1 N–H and O–H groups in total. The Morgan fingerprint density at radius 3 is 2.42 bits per heavy atom. The molecular weight excluding hydrogens is 305 g/mol. The first-order valence-electron chi connectivity index (χ1n) is 7.35. The number of para-hydroxylation sites is 1. The Kier molecular flexibility index (Phi) is 3.55. The summed E-state index contributed by atoms with van der Waals surface area (Å²) in [5.41, 5.74) is 1.78. The Labute approximate surface area is 137 Å². The van der Waals surface area contributed by atoms with Gasteiger partial charge in [0.15, 0.2) is 5.82 Å². The van der Waals surface area contributed by atoms with E-state index in [-0.39, 0.29) is 5.82 Å². The van der Waals surface area contributed by atoms with Crippen LogP contribution in [-0.4, -0.2) is 19.9 Å². The molecule has 0 aliphatic rings. The molecule has 0 fully saturated rings. The van der Waals surface area contributed by atoms with Crippen LogP contribution in [0.4, 0.5) is 15.9 Å². The monoisotopic (exact) mass is 317 g/mol. The van der Waals surface area contributed by atoms with Crippen molar-refractivity contribution in [1.82, 2.24) is 19.9 Å². The second-order valence-electron chi connectivity index (χ2n) is 5.14. The zero-order valence-electron chi connectivity index (χ0n) is 12.5. The van der Waals surface area contributed by atoms with Gasteiger partial charge in [0.1, 0.15) is 18.0 Å². The number of halogens is 1. The number of anilines is 2. The largest absolute Gasteiger partial charge is 0.337 e. The molecule has 116 valence electrons. The highest BCUT2D eigenvalue weighted by Crippen LogP contribution is 2.27. The van der Waals surface area contributed by atoms with Crippen LogP contribution < -0.4 is 5.32 Å². The van der Waals surface area contributed by atoms with Crippen molar-refractivity contribution in [3.8, 4) is 11.4 Å². The predicted molar refractivity (Wildman–Crippen MR) is 90.2 cm³/mol. The van der Waals surface area contributed by atoms with Crippen molar-refractivity contribution in [2.45, 2.75) is 0 Å². The Morgan fingerprint density at radius 1 is 0.833 bits per heavy atom. The van der Waals surface area contributed by atoms with Crippen LogP contribution in [0, 0.1) is 5.82 Å². The van der Waals surface area contributed by atoms with E-state index in [2.05, 4.69) is 25.3 Å². The van der Waals surface area contributed by atoms with E-state index in [1.54, 1.807) is 30.6 Å². The van der Waals surface area contributed by atoms with Crippen LogP contribution in [0.2, 0.25) is 0 Å². The van der Waals surface area contributed by atoms with Crippen LogP contribution in [0.1, 0.15) is 0 Å². The lowest BCUT2D eigenvalue weighted by atomic mass is 10.1. The molecule has 0 spiro atoms. The molecule has 4 rings (SSSR count). The molecule has 0 atom stereocenters. The van der Waals surface area contributed by atoms with E-state index in [9.17, 15) is 4.39 Å². The molecule has 0 saturated carbocycles. The molecule has 24 heavy (non-hydrogen) atoms. The topological polar surface area (TPSA) is 63.6 Å². The summed E-state index contributed by atoms with van der Waals surface area (Å²) in [4.78, 5) is 17.0. The quantitative estimate of drug-likeness (QED) is 0.619. The molecule has 4 aromatic rings. The maximum atomic E-state index is 14.1. The number of aromatic nitrogens is 4. The highest BCUT2D eigenvalue weighted by atomic mass is 19.1. The smallest absolute Gasteiger partial charge is 0.165 e. The maximum absolute atomic E-state index is 14.1. The minimum atomic E-state index is -0.359. The van der Waals surface area contributed by atoms with Gasteiger partial charge < -0.3 is 5.32 Å². The molecule has 2 aromatic heterocycles. The first-order valence-corrected chi connectivity index (χ1v) is 7.35. The molecule has 6 heteroatoms. The zero-order valence-corrected chi connectivity index (χ0v) is 12.5. The second kappa shape index (κ2) is 6.00. The standard InChI is InChI=1S/C18H12FN5/c19-15-7-3-1-5-13(15)17-23-16-8-4-2-6-14(16)18(24-17)22-12-9-20-11-21-10-12/h1-11H,(H,22,23,24). The molecule has 2 aromatic carbocycles. The molecule has 5 nitrogen and oxygen atoms in total. The molecule has 0 saturated heterocycles. The average Bonchev–Trinajstić information content (AvgIpc) is 2.63. The maximum Gasteiger partial charge on any atom is 0.165 e. The van der Waals surface area contributed by atoms with E-state index in [0.29, 0.717) is 22.9 Å². The van der Waals surface area contributed by atoms with E-state index in [1.807, 2.05) is 24.3 Å². The van der Waals surface area contributed by atoms with Crippen LogP contribution in [-0.2, 0) is 0 Å². The number of nitrogens with one attached hydrogen (secondary N) is 1. The van der Waals surface area contributed by atoms with Gasteiger partial charge in [-0.1, -0.05) is 24.3 Å². The first-order chi connectivity index (χ1) is 11.8. The summed E-state index contributed by atoms with van der Waals surface area (Å²) in [6.07, 6.45) is 4.74. The summed E-state index contributed by atoms with van der Waals surface area (Å²) in [5.74, 6) is 0.543. The highest BCUT2D eigenvalue weighted by Gasteiger charge is 2.12. The summed E-state index contributed by atoms with van der Waals surface area (Å²) in [6.45, 7) is 0. The van der Waals surface area contributed by atoms with E-state index >= 15 is 0 Å². The molecule has 0 unspecified atom stereocenters. The number of hydrogen-bond acceptors (Lipinski definition) is 5. The Bertz CT molecular complexity index is 1000. The van der Waals surface area contributed by atoms with Gasteiger partial charge in [-0.15, -0.1) is 0 Å². The van der Waals surface area contributed by atoms with Crippen LogP contribution in [0.5, 0.6) is 0 Å². The van der Waals surface area contributed by atoms with Gasteiger partial charge in [-0.2, -0.15) is 0 Å². The molecule has 0 amide bonds. The molecular formula is C18H12FN5. The molecule has 0 aliphatic carbocycles. The lowest BCUT2D eigenvalue weighted by Gasteiger charge is -2.11. The molecule has 2 heterocycles. The van der Waals surface area contributed by atoms with Gasteiger partial charge in [-0.25, -0.2) is 24.3 Å². The van der Waals surface area contributed by atoms with Crippen LogP contribution in [0.3, 0.4) is 0 Å². The molecule has 0 bridgehead atoms. The fourth-order valence-electron chi connectivity index (χ4n) is 2.44. The lowest BCUT2D eigenvalue weighted by Crippen LogP contribution is -2.00. The highest BCUT2D eigenvalue weighted by molar-refractivity contribution is 5.92.